The van der Waals surface area contributed by atoms with Crippen molar-refractivity contribution in [1.29, 1.82) is 0 Å². The van der Waals surface area contributed by atoms with E-state index in [9.17, 15) is 4.79 Å². The van der Waals surface area contributed by atoms with Crippen LogP contribution in [0.3, 0.4) is 0 Å². The van der Waals surface area contributed by atoms with Crippen LogP contribution >= 0.6 is 22.9 Å². The molecular weight excluding hydrogens is 318 g/mol. The zero-order valence-corrected chi connectivity index (χ0v) is 13.8. The van der Waals surface area contributed by atoms with Gasteiger partial charge in [0.05, 0.1) is 5.03 Å². The van der Waals surface area contributed by atoms with Crippen molar-refractivity contribution in [2.24, 2.45) is 0 Å². The summed E-state index contributed by atoms with van der Waals surface area (Å²) < 4.78 is 1.28. The molecule has 3 aromatic rings. The SMILES string of the molecule is CCc1ccc(/C=C(\Cl)c2nn3c(=O)cc(C)nc3s2)cc1. The van der Waals surface area contributed by atoms with Crippen LogP contribution in [-0.2, 0) is 6.42 Å². The maximum atomic E-state index is 11.9. The molecule has 0 radical (unpaired) electrons. The lowest BCUT2D eigenvalue weighted by Crippen LogP contribution is -2.14. The van der Waals surface area contributed by atoms with Gasteiger partial charge in [-0.2, -0.15) is 9.61 Å². The van der Waals surface area contributed by atoms with Gasteiger partial charge in [0.1, 0.15) is 0 Å². The second kappa shape index (κ2) is 6.02. The molecule has 0 saturated carbocycles. The fourth-order valence-electron chi connectivity index (χ4n) is 2.07. The summed E-state index contributed by atoms with van der Waals surface area (Å²) in [7, 11) is 0. The summed E-state index contributed by atoms with van der Waals surface area (Å²) in [6.45, 7) is 3.90. The zero-order valence-electron chi connectivity index (χ0n) is 12.2. The summed E-state index contributed by atoms with van der Waals surface area (Å²) in [5.74, 6) is 0. The van der Waals surface area contributed by atoms with Gasteiger partial charge >= 0.3 is 0 Å². The number of aryl methyl sites for hydroxylation is 2. The lowest BCUT2D eigenvalue weighted by molar-refractivity contribution is 0.885. The van der Waals surface area contributed by atoms with Gasteiger partial charge < -0.3 is 0 Å². The molecule has 2 heterocycles. The summed E-state index contributed by atoms with van der Waals surface area (Å²) in [6.07, 6.45) is 2.85. The molecule has 2 aromatic heterocycles. The van der Waals surface area contributed by atoms with E-state index >= 15 is 0 Å². The number of fused-ring (bicyclic) bond motifs is 1. The molecule has 0 fully saturated rings. The van der Waals surface area contributed by atoms with E-state index in [0.29, 0.717) is 20.7 Å². The third kappa shape index (κ3) is 2.96. The molecule has 22 heavy (non-hydrogen) atoms. The Labute approximate surface area is 136 Å². The van der Waals surface area contributed by atoms with Crippen LogP contribution in [0.15, 0.2) is 35.1 Å². The molecule has 4 nitrogen and oxygen atoms in total. The van der Waals surface area contributed by atoms with Crippen LogP contribution in [-0.4, -0.2) is 14.6 Å². The highest BCUT2D eigenvalue weighted by Gasteiger charge is 2.10. The lowest BCUT2D eigenvalue weighted by Gasteiger charge is -1.98. The Bertz CT molecular complexity index is 909. The highest BCUT2D eigenvalue weighted by Crippen LogP contribution is 2.26. The number of halogens is 1. The Kier molecular flexibility index (Phi) is 4.09. The quantitative estimate of drug-likeness (QED) is 0.734. The lowest BCUT2D eigenvalue weighted by atomic mass is 10.1. The van der Waals surface area contributed by atoms with Gasteiger partial charge in [0.2, 0.25) is 4.96 Å². The first-order valence-corrected chi connectivity index (χ1v) is 8.10. The zero-order chi connectivity index (χ0) is 15.7. The van der Waals surface area contributed by atoms with Gasteiger partial charge in [0, 0.05) is 11.8 Å². The first-order valence-electron chi connectivity index (χ1n) is 6.91. The monoisotopic (exact) mass is 331 g/mol. The topological polar surface area (TPSA) is 47.3 Å². The van der Waals surface area contributed by atoms with Gasteiger partial charge in [-0.05, 0) is 30.5 Å². The van der Waals surface area contributed by atoms with Crippen molar-refractivity contribution in [3.8, 4) is 0 Å². The summed E-state index contributed by atoms with van der Waals surface area (Å²) >= 11 is 7.65. The summed E-state index contributed by atoms with van der Waals surface area (Å²) in [5.41, 5.74) is 2.76. The van der Waals surface area contributed by atoms with Gasteiger partial charge in [-0.15, -0.1) is 0 Å². The second-order valence-corrected chi connectivity index (χ2v) is 6.29. The molecule has 0 aliphatic rings. The van der Waals surface area contributed by atoms with E-state index in [1.54, 1.807) is 6.92 Å². The highest BCUT2D eigenvalue weighted by atomic mass is 35.5. The van der Waals surface area contributed by atoms with E-state index in [4.69, 9.17) is 11.6 Å². The number of hydrogen-bond acceptors (Lipinski definition) is 4. The third-order valence-corrected chi connectivity index (χ3v) is 4.60. The van der Waals surface area contributed by atoms with E-state index < -0.39 is 0 Å². The van der Waals surface area contributed by atoms with Crippen molar-refractivity contribution in [2.45, 2.75) is 20.3 Å². The Balaban J connectivity index is 2.00. The Morgan fingerprint density at radius 3 is 2.77 bits per heavy atom. The van der Waals surface area contributed by atoms with E-state index in [2.05, 4.69) is 29.1 Å². The normalized spacial score (nSPS) is 12.0. The Hall–Kier alpha value is -1.98. The maximum Gasteiger partial charge on any atom is 0.275 e. The van der Waals surface area contributed by atoms with Gasteiger partial charge in [0.25, 0.3) is 5.56 Å². The first-order chi connectivity index (χ1) is 10.6. The highest BCUT2D eigenvalue weighted by molar-refractivity contribution is 7.18. The van der Waals surface area contributed by atoms with Crippen molar-refractivity contribution in [1.82, 2.24) is 14.6 Å². The number of aromatic nitrogens is 3. The van der Waals surface area contributed by atoms with Gasteiger partial charge in [-0.3, -0.25) is 4.79 Å². The van der Waals surface area contributed by atoms with E-state index in [1.807, 2.05) is 18.2 Å². The second-order valence-electron chi connectivity index (χ2n) is 4.92. The minimum atomic E-state index is -0.193. The van der Waals surface area contributed by atoms with Crippen molar-refractivity contribution >= 4 is 39.0 Å². The van der Waals surface area contributed by atoms with Crippen LogP contribution in [0.4, 0.5) is 0 Å². The van der Waals surface area contributed by atoms with Crippen molar-refractivity contribution < 1.29 is 0 Å². The van der Waals surface area contributed by atoms with Crippen LogP contribution < -0.4 is 5.56 Å². The number of nitrogens with zero attached hydrogens (tertiary/aromatic N) is 3. The predicted molar refractivity (Wildman–Crippen MR) is 91.4 cm³/mol. The van der Waals surface area contributed by atoms with E-state index in [1.165, 1.54) is 27.5 Å². The molecule has 0 N–H and O–H groups in total. The largest absolute Gasteiger partial charge is 0.275 e. The number of rotatable bonds is 3. The molecular formula is C16H14ClN3OS. The molecule has 3 rings (SSSR count). The number of benzene rings is 1. The van der Waals surface area contributed by atoms with Gasteiger partial charge in [0.15, 0.2) is 5.01 Å². The van der Waals surface area contributed by atoms with E-state index in [0.717, 1.165) is 12.0 Å². The molecule has 0 aliphatic carbocycles. The molecule has 112 valence electrons. The van der Waals surface area contributed by atoms with E-state index in [-0.39, 0.29) is 5.56 Å². The minimum Gasteiger partial charge on any atom is -0.267 e. The first kappa shape index (κ1) is 14.9. The molecule has 0 atom stereocenters. The summed E-state index contributed by atoms with van der Waals surface area (Å²) in [5, 5.41) is 5.32. The van der Waals surface area contributed by atoms with Crippen LogP contribution in [0.1, 0.15) is 28.8 Å². The van der Waals surface area contributed by atoms with Crippen LogP contribution in [0, 0.1) is 6.92 Å². The molecule has 1 aromatic carbocycles. The average molecular weight is 332 g/mol. The van der Waals surface area contributed by atoms with Gasteiger partial charge in [-0.1, -0.05) is 54.1 Å². The predicted octanol–water partition coefficient (Wildman–Crippen LogP) is 3.76. The third-order valence-electron chi connectivity index (χ3n) is 3.26. The van der Waals surface area contributed by atoms with Crippen molar-refractivity contribution in [3.63, 3.8) is 0 Å². The summed E-state index contributed by atoms with van der Waals surface area (Å²) in [4.78, 5) is 16.7. The maximum absolute atomic E-state index is 11.9. The standard InChI is InChI=1S/C16H14ClN3OS/c1-3-11-4-6-12(7-5-11)9-13(17)15-19-20-14(21)8-10(2)18-16(20)22-15/h4-9H,3H2,1-2H3/b13-9-. The smallest absolute Gasteiger partial charge is 0.267 e. The fourth-order valence-corrected chi connectivity index (χ4v) is 3.21. The molecule has 0 spiro atoms. The Morgan fingerprint density at radius 2 is 2.09 bits per heavy atom. The molecule has 0 amide bonds. The molecule has 0 unspecified atom stereocenters. The average Bonchev–Trinajstić information content (AvgIpc) is 2.92. The molecule has 0 bridgehead atoms. The Morgan fingerprint density at radius 1 is 1.36 bits per heavy atom. The summed E-state index contributed by atoms with van der Waals surface area (Å²) in [6, 6.07) is 9.64. The van der Waals surface area contributed by atoms with Crippen molar-refractivity contribution in [2.75, 3.05) is 0 Å². The minimum absolute atomic E-state index is 0.193. The van der Waals surface area contributed by atoms with Crippen LogP contribution in [0.2, 0.25) is 0 Å². The number of hydrogen-bond donors (Lipinski definition) is 0. The molecule has 6 heteroatoms. The van der Waals surface area contributed by atoms with Gasteiger partial charge in [-0.25, -0.2) is 4.98 Å². The fraction of sp³-hybridized carbons (Fsp3) is 0.188. The van der Waals surface area contributed by atoms with Crippen LogP contribution in [0.5, 0.6) is 0 Å². The molecule has 0 saturated heterocycles. The molecule has 0 aliphatic heterocycles. The van der Waals surface area contributed by atoms with Crippen LogP contribution in [0.25, 0.3) is 16.1 Å². The van der Waals surface area contributed by atoms with Crippen molar-refractivity contribution in [3.05, 3.63) is 62.5 Å².